The zero-order chi connectivity index (χ0) is 17.7. The predicted octanol–water partition coefficient (Wildman–Crippen LogP) is 6.47. The van der Waals surface area contributed by atoms with Crippen molar-refractivity contribution in [3.63, 3.8) is 0 Å². The standard InChI is InChI=1S/C14H10S8Se4/c1-23-13-14(24-2)26-12(25-13)11-21-9-10(22-11)20-8(19-9)7-17-5-6(18-7)16-4-3-15-5/h3-4H2,1-2H3. The average molecular weight is 751 g/mol. The van der Waals surface area contributed by atoms with Crippen molar-refractivity contribution in [1.82, 2.24) is 0 Å². The van der Waals surface area contributed by atoms with Crippen LogP contribution in [0.4, 0.5) is 0 Å². The Kier molecular flexibility index (Phi) is 7.91. The Morgan fingerprint density at radius 3 is 1.38 bits per heavy atom. The van der Waals surface area contributed by atoms with Crippen molar-refractivity contribution in [3.05, 3.63) is 39.8 Å². The Balaban J connectivity index is 1.27. The maximum absolute atomic E-state index is 2.41. The fourth-order valence-electron chi connectivity index (χ4n) is 2.16. The van der Waals surface area contributed by atoms with Gasteiger partial charge in [0.25, 0.3) is 0 Å². The molecule has 0 saturated heterocycles. The van der Waals surface area contributed by atoms with Gasteiger partial charge < -0.3 is 0 Å². The summed E-state index contributed by atoms with van der Waals surface area (Å²) in [7, 11) is 0. The van der Waals surface area contributed by atoms with Crippen LogP contribution in [-0.4, -0.2) is 71.3 Å². The summed E-state index contributed by atoms with van der Waals surface area (Å²) in [6, 6.07) is 0. The van der Waals surface area contributed by atoms with Crippen LogP contribution in [0.5, 0.6) is 0 Å². The molecule has 0 aromatic carbocycles. The zero-order valence-corrected chi connectivity index (χ0v) is 26.7. The maximum atomic E-state index is 2.41. The predicted molar refractivity (Wildman–Crippen MR) is 140 cm³/mol. The molecule has 5 heterocycles. The molecule has 5 aliphatic rings. The summed E-state index contributed by atoms with van der Waals surface area (Å²) in [5, 5.41) is 0. The summed E-state index contributed by atoms with van der Waals surface area (Å²) in [6.07, 6.45) is 0. The summed E-state index contributed by atoms with van der Waals surface area (Å²) >= 11 is 19.3. The monoisotopic (exact) mass is 754 g/mol. The average Bonchev–Trinajstić information content (AvgIpc) is 3.39. The van der Waals surface area contributed by atoms with Crippen LogP contribution < -0.4 is 0 Å². The van der Waals surface area contributed by atoms with E-state index in [-0.39, 0.29) is 0 Å². The Hall–Kier alpha value is 3.58. The molecule has 0 radical (unpaired) electrons. The molecule has 0 amide bonds. The van der Waals surface area contributed by atoms with Gasteiger partial charge in [-0.25, -0.2) is 0 Å². The molecule has 0 atom stereocenters. The van der Waals surface area contributed by atoms with E-state index in [1.165, 1.54) is 11.5 Å². The number of rotatable bonds is 2. The van der Waals surface area contributed by atoms with Gasteiger partial charge in [-0.1, -0.05) is 0 Å². The third-order valence-corrected chi connectivity index (χ3v) is 31.9. The fourth-order valence-corrected chi connectivity index (χ4v) is 33.0. The molecule has 0 unspecified atom stereocenters. The SMILES string of the molecule is C[Se]C1=C([Se]C)[Se]C(=C2SC3=C(SC(=C4SC5=C(SCCS5)S4)S3)S2)[Se]1. The third kappa shape index (κ3) is 4.39. The quantitative estimate of drug-likeness (QED) is 0.292. The van der Waals surface area contributed by atoms with Crippen molar-refractivity contribution in [3.8, 4) is 0 Å². The first kappa shape index (κ1) is 21.4. The summed E-state index contributed by atoms with van der Waals surface area (Å²) in [4.78, 5) is 0. The molecule has 5 aliphatic heterocycles. The van der Waals surface area contributed by atoms with Gasteiger partial charge in [-0.15, -0.1) is 0 Å². The number of hydrogen-bond acceptors (Lipinski definition) is 8. The molecule has 12 heteroatoms. The van der Waals surface area contributed by atoms with Gasteiger partial charge >= 0.3 is 217 Å². The second-order valence-electron chi connectivity index (χ2n) is 4.80. The minimum absolute atomic E-state index is 0.683. The van der Waals surface area contributed by atoms with Gasteiger partial charge in [0.05, 0.1) is 0 Å². The summed E-state index contributed by atoms with van der Waals surface area (Å²) < 4.78 is 16.6. The molecule has 0 spiro atoms. The molecule has 0 nitrogen and oxygen atoms in total. The molecule has 0 aliphatic carbocycles. The Morgan fingerprint density at radius 1 is 0.577 bits per heavy atom. The second kappa shape index (κ2) is 9.60. The van der Waals surface area contributed by atoms with Crippen LogP contribution in [0.15, 0.2) is 39.8 Å². The molecule has 0 bridgehead atoms. The van der Waals surface area contributed by atoms with E-state index in [2.05, 4.69) is 82.2 Å². The van der Waals surface area contributed by atoms with Gasteiger partial charge in [0.1, 0.15) is 0 Å². The van der Waals surface area contributed by atoms with E-state index in [1.807, 2.05) is 33.6 Å². The number of thioether (sulfide) groups is 8. The zero-order valence-electron chi connectivity index (χ0n) is 13.3. The molecule has 138 valence electrons. The fraction of sp³-hybridized carbons (Fsp3) is 0.286. The molecule has 0 fully saturated rings. The number of hydrogen-bond donors (Lipinski definition) is 0. The van der Waals surface area contributed by atoms with Gasteiger partial charge in [-0.2, -0.15) is 0 Å². The van der Waals surface area contributed by atoms with Crippen molar-refractivity contribution in [2.75, 3.05) is 11.5 Å². The van der Waals surface area contributed by atoms with E-state index in [9.17, 15) is 0 Å². The van der Waals surface area contributed by atoms with Crippen molar-refractivity contribution in [2.24, 2.45) is 0 Å². The normalized spacial score (nSPS) is 26.1. The third-order valence-electron chi connectivity index (χ3n) is 3.24. The Bertz CT molecular complexity index is 732. The summed E-state index contributed by atoms with van der Waals surface area (Å²) in [5.74, 6) is 7.38. The molecule has 26 heavy (non-hydrogen) atoms. The summed E-state index contributed by atoms with van der Waals surface area (Å²) in [6.45, 7) is 0. The van der Waals surface area contributed by atoms with Crippen LogP contribution in [0.2, 0.25) is 11.6 Å². The first-order valence-electron chi connectivity index (χ1n) is 7.23. The first-order chi connectivity index (χ1) is 12.7. The van der Waals surface area contributed by atoms with E-state index in [0.29, 0.717) is 29.9 Å². The van der Waals surface area contributed by atoms with Crippen molar-refractivity contribution >= 4 is 154 Å². The molecule has 5 rings (SSSR count). The first-order valence-corrected chi connectivity index (χ1v) is 22.7. The van der Waals surface area contributed by atoms with E-state index >= 15 is 0 Å². The van der Waals surface area contributed by atoms with E-state index < -0.39 is 0 Å². The molecule has 0 aromatic heterocycles. The van der Waals surface area contributed by atoms with Crippen LogP contribution >= 0.6 is 94.1 Å². The molecule has 0 aromatic rings. The molecular formula is C14H10S8Se4. The van der Waals surface area contributed by atoms with E-state index in [4.69, 9.17) is 0 Å². The van der Waals surface area contributed by atoms with Crippen LogP contribution in [-0.2, 0) is 0 Å². The van der Waals surface area contributed by atoms with Gasteiger partial charge in [0.15, 0.2) is 0 Å². The molecule has 0 saturated carbocycles. The van der Waals surface area contributed by atoms with Crippen molar-refractivity contribution in [2.45, 2.75) is 11.6 Å². The topological polar surface area (TPSA) is 0 Å². The summed E-state index contributed by atoms with van der Waals surface area (Å²) in [5.41, 5.74) is 0. The molecular weight excluding hydrogens is 741 g/mol. The Labute approximate surface area is 213 Å². The van der Waals surface area contributed by atoms with Crippen LogP contribution in [0.3, 0.4) is 0 Å². The van der Waals surface area contributed by atoms with Crippen LogP contribution in [0.25, 0.3) is 0 Å². The van der Waals surface area contributed by atoms with Crippen LogP contribution in [0.1, 0.15) is 0 Å². The minimum atomic E-state index is 0.683. The van der Waals surface area contributed by atoms with Crippen LogP contribution in [0, 0.1) is 0 Å². The van der Waals surface area contributed by atoms with Crippen molar-refractivity contribution in [1.29, 1.82) is 0 Å². The van der Waals surface area contributed by atoms with Gasteiger partial charge in [0.2, 0.25) is 0 Å². The molecule has 0 N–H and O–H groups in total. The van der Waals surface area contributed by atoms with E-state index in [1.54, 1.807) is 29.7 Å². The van der Waals surface area contributed by atoms with Crippen molar-refractivity contribution < 1.29 is 0 Å². The Morgan fingerprint density at radius 2 is 0.962 bits per heavy atom. The van der Waals surface area contributed by atoms with Gasteiger partial charge in [-0.3, -0.25) is 0 Å². The second-order valence-corrected chi connectivity index (χ2v) is 26.6. The van der Waals surface area contributed by atoms with Gasteiger partial charge in [0, 0.05) is 0 Å². The van der Waals surface area contributed by atoms with E-state index in [0.717, 1.165) is 29.9 Å². The van der Waals surface area contributed by atoms with Gasteiger partial charge in [-0.05, 0) is 0 Å².